The third-order valence-electron chi connectivity index (χ3n) is 3.05. The summed E-state index contributed by atoms with van der Waals surface area (Å²) in [5.41, 5.74) is 0.520. The molecule has 0 atom stereocenters. The number of aromatic nitrogens is 1. The Morgan fingerprint density at radius 3 is 2.58 bits per heavy atom. The van der Waals surface area contributed by atoms with Gasteiger partial charge in [0.05, 0.1) is 4.60 Å². The van der Waals surface area contributed by atoms with Gasteiger partial charge in [0.25, 0.3) is 5.56 Å². The lowest BCUT2D eigenvalue weighted by Crippen LogP contribution is -2.36. The molecule has 0 radical (unpaired) electrons. The summed E-state index contributed by atoms with van der Waals surface area (Å²) in [6.45, 7) is -0.110. The van der Waals surface area contributed by atoms with Crippen LogP contribution in [0.15, 0.2) is 51.9 Å². The average Bonchev–Trinajstić information content (AvgIpc) is 2.56. The zero-order chi connectivity index (χ0) is 17.5. The first-order valence-corrected chi connectivity index (χ1v) is 7.85. The fourth-order valence-corrected chi connectivity index (χ4v) is 2.16. The molecule has 0 unspecified atom stereocenters. The zero-order valence-corrected chi connectivity index (χ0v) is 14.5. The summed E-state index contributed by atoms with van der Waals surface area (Å²) in [6, 6.07) is 12.3. The number of anilines is 1. The molecule has 0 fully saturated rings. The number of ether oxygens (including phenoxy) is 1. The smallest absolute Gasteiger partial charge is 0.410 e. The van der Waals surface area contributed by atoms with E-state index in [0.717, 1.165) is 10.5 Å². The summed E-state index contributed by atoms with van der Waals surface area (Å²) in [4.78, 5) is 39.1. The molecule has 1 heterocycles. The highest BCUT2D eigenvalue weighted by Gasteiger charge is 2.15. The highest BCUT2D eigenvalue weighted by molar-refractivity contribution is 9.10. The minimum Gasteiger partial charge on any atom is -0.445 e. The highest BCUT2D eigenvalue weighted by atomic mass is 79.9. The van der Waals surface area contributed by atoms with Gasteiger partial charge in [-0.25, -0.2) is 4.79 Å². The lowest BCUT2D eigenvalue weighted by Gasteiger charge is -2.16. The first-order valence-electron chi connectivity index (χ1n) is 7.06. The van der Waals surface area contributed by atoms with Crippen molar-refractivity contribution in [2.24, 2.45) is 0 Å². The van der Waals surface area contributed by atoms with Crippen LogP contribution in [0.25, 0.3) is 0 Å². The minimum absolute atomic E-state index is 0.106. The average molecular weight is 394 g/mol. The van der Waals surface area contributed by atoms with Crippen molar-refractivity contribution in [1.82, 2.24) is 9.88 Å². The number of hydrogen-bond acceptors (Lipinski definition) is 4. The van der Waals surface area contributed by atoms with E-state index in [9.17, 15) is 14.4 Å². The van der Waals surface area contributed by atoms with Crippen molar-refractivity contribution in [3.8, 4) is 0 Å². The van der Waals surface area contributed by atoms with Gasteiger partial charge in [0.15, 0.2) is 0 Å². The van der Waals surface area contributed by atoms with Gasteiger partial charge in [0, 0.05) is 7.05 Å². The fourth-order valence-electron chi connectivity index (χ4n) is 1.85. The molecule has 126 valence electrons. The van der Waals surface area contributed by atoms with Gasteiger partial charge in [-0.05, 0) is 33.6 Å². The zero-order valence-electron chi connectivity index (χ0n) is 12.9. The van der Waals surface area contributed by atoms with Gasteiger partial charge in [-0.15, -0.1) is 0 Å². The molecule has 0 spiro atoms. The monoisotopic (exact) mass is 393 g/mol. The van der Waals surface area contributed by atoms with E-state index in [2.05, 4.69) is 26.2 Å². The number of aromatic amines is 1. The summed E-state index contributed by atoms with van der Waals surface area (Å²) in [6.07, 6.45) is -0.626. The molecule has 2 rings (SSSR count). The number of amides is 2. The lowest BCUT2D eigenvalue weighted by atomic mass is 10.2. The van der Waals surface area contributed by atoms with Gasteiger partial charge in [0.1, 0.15) is 18.8 Å². The Hall–Kier alpha value is -2.61. The molecule has 7 nitrogen and oxygen atoms in total. The van der Waals surface area contributed by atoms with Crippen molar-refractivity contribution in [1.29, 1.82) is 0 Å². The molecule has 1 aromatic carbocycles. The topological polar surface area (TPSA) is 91.5 Å². The van der Waals surface area contributed by atoms with Crippen molar-refractivity contribution >= 4 is 33.6 Å². The number of nitrogens with one attached hydrogen (secondary N) is 2. The Morgan fingerprint density at radius 2 is 1.92 bits per heavy atom. The fraction of sp³-hybridized carbons (Fsp3) is 0.188. The molecular formula is C16H16BrN3O4. The second-order valence-electron chi connectivity index (χ2n) is 4.99. The summed E-state index contributed by atoms with van der Waals surface area (Å²) >= 11 is 3.12. The molecule has 8 heteroatoms. The van der Waals surface area contributed by atoms with Crippen molar-refractivity contribution < 1.29 is 14.3 Å². The van der Waals surface area contributed by atoms with Crippen molar-refractivity contribution in [2.45, 2.75) is 6.61 Å². The predicted octanol–water partition coefficient (Wildman–Crippen LogP) is 2.34. The molecule has 2 N–H and O–H groups in total. The van der Waals surface area contributed by atoms with Gasteiger partial charge in [-0.1, -0.05) is 30.3 Å². The number of halogens is 1. The van der Waals surface area contributed by atoms with Crippen LogP contribution in [0, 0.1) is 0 Å². The third kappa shape index (κ3) is 5.24. The summed E-state index contributed by atoms with van der Waals surface area (Å²) in [7, 11) is 1.44. The second-order valence-corrected chi connectivity index (χ2v) is 5.85. The van der Waals surface area contributed by atoms with E-state index < -0.39 is 17.6 Å². The lowest BCUT2D eigenvalue weighted by molar-refractivity contribution is -0.116. The molecule has 0 aliphatic heterocycles. The molecular weight excluding hydrogens is 378 g/mol. The van der Waals surface area contributed by atoms with Crippen LogP contribution in [0.2, 0.25) is 0 Å². The highest BCUT2D eigenvalue weighted by Crippen LogP contribution is 2.06. The van der Waals surface area contributed by atoms with Crippen LogP contribution in [0.4, 0.5) is 10.5 Å². The normalized spacial score (nSPS) is 10.1. The SMILES string of the molecule is CN(CC(=O)Nc1ccc(Br)[nH]c1=O)C(=O)OCc1ccccc1. The Morgan fingerprint density at radius 1 is 1.21 bits per heavy atom. The number of carbonyl (C=O) groups excluding carboxylic acids is 2. The third-order valence-corrected chi connectivity index (χ3v) is 3.51. The minimum atomic E-state index is -0.626. The molecule has 0 saturated carbocycles. The molecule has 2 aromatic rings. The quantitative estimate of drug-likeness (QED) is 0.762. The second kappa shape index (κ2) is 8.30. The van der Waals surface area contributed by atoms with Crippen molar-refractivity contribution in [3.05, 3.63) is 63.0 Å². The van der Waals surface area contributed by atoms with Crippen LogP contribution >= 0.6 is 15.9 Å². The number of H-pyrrole nitrogens is 1. The first-order chi connectivity index (χ1) is 11.5. The largest absolute Gasteiger partial charge is 0.445 e. The van der Waals surface area contributed by atoms with Crippen LogP contribution in [0.5, 0.6) is 0 Å². The molecule has 0 bridgehead atoms. The predicted molar refractivity (Wildman–Crippen MR) is 92.6 cm³/mol. The number of rotatable bonds is 5. The van der Waals surface area contributed by atoms with Crippen LogP contribution in [0.3, 0.4) is 0 Å². The van der Waals surface area contributed by atoms with Crippen molar-refractivity contribution in [3.63, 3.8) is 0 Å². The molecule has 0 saturated heterocycles. The van der Waals surface area contributed by atoms with E-state index in [0.29, 0.717) is 4.60 Å². The summed E-state index contributed by atoms with van der Waals surface area (Å²) in [5.74, 6) is -0.498. The van der Waals surface area contributed by atoms with E-state index in [-0.39, 0.29) is 18.8 Å². The molecule has 1 aromatic heterocycles. The van der Waals surface area contributed by atoms with E-state index >= 15 is 0 Å². The number of likely N-dealkylation sites (N-methyl/N-ethyl adjacent to an activating group) is 1. The summed E-state index contributed by atoms with van der Waals surface area (Å²) in [5, 5.41) is 2.44. The van der Waals surface area contributed by atoms with E-state index in [1.54, 1.807) is 6.07 Å². The van der Waals surface area contributed by atoms with Crippen LogP contribution < -0.4 is 10.9 Å². The maximum absolute atomic E-state index is 11.9. The Balaban J connectivity index is 1.84. The van der Waals surface area contributed by atoms with Crippen LogP contribution in [-0.4, -0.2) is 35.5 Å². The van der Waals surface area contributed by atoms with E-state index in [1.807, 2.05) is 30.3 Å². The first kappa shape index (κ1) is 17.7. The number of benzene rings is 1. The van der Waals surface area contributed by atoms with E-state index in [1.165, 1.54) is 13.1 Å². The number of pyridine rings is 1. The maximum Gasteiger partial charge on any atom is 0.410 e. The van der Waals surface area contributed by atoms with Crippen LogP contribution in [-0.2, 0) is 16.1 Å². The Labute approximate surface area is 146 Å². The Kier molecular flexibility index (Phi) is 6.14. The summed E-state index contributed by atoms with van der Waals surface area (Å²) < 4.78 is 5.62. The van der Waals surface area contributed by atoms with Gasteiger partial charge >= 0.3 is 6.09 Å². The number of nitrogens with zero attached hydrogens (tertiary/aromatic N) is 1. The molecule has 0 aliphatic carbocycles. The van der Waals surface area contributed by atoms with Gasteiger partial charge in [0.2, 0.25) is 5.91 Å². The number of hydrogen-bond donors (Lipinski definition) is 2. The standard InChI is InChI=1S/C16H16BrN3O4/c1-20(16(23)24-10-11-5-3-2-4-6-11)9-14(21)18-12-7-8-13(17)19-15(12)22/h2-8H,9-10H2,1H3,(H,18,21)(H,19,22). The Bertz CT molecular complexity index is 776. The van der Waals surface area contributed by atoms with Gasteiger partial charge in [-0.2, -0.15) is 0 Å². The maximum atomic E-state index is 11.9. The molecule has 2 amide bonds. The van der Waals surface area contributed by atoms with Gasteiger partial charge in [-0.3, -0.25) is 9.59 Å². The van der Waals surface area contributed by atoms with Crippen LogP contribution in [0.1, 0.15) is 5.56 Å². The van der Waals surface area contributed by atoms with Gasteiger partial charge < -0.3 is 19.9 Å². The van der Waals surface area contributed by atoms with Crippen molar-refractivity contribution in [2.75, 3.05) is 18.9 Å². The molecule has 0 aliphatic rings. The molecule has 24 heavy (non-hydrogen) atoms. The number of carbonyl (C=O) groups is 2. The van der Waals surface area contributed by atoms with E-state index in [4.69, 9.17) is 4.74 Å².